The Morgan fingerprint density at radius 3 is 2.23 bits per heavy atom. The van der Waals surface area contributed by atoms with Crippen molar-refractivity contribution in [1.82, 2.24) is 9.88 Å². The van der Waals surface area contributed by atoms with Gasteiger partial charge in [-0.1, -0.05) is 36.4 Å². The van der Waals surface area contributed by atoms with Crippen LogP contribution in [0.5, 0.6) is 0 Å². The number of benzene rings is 2. The van der Waals surface area contributed by atoms with E-state index in [2.05, 4.69) is 28.5 Å². The van der Waals surface area contributed by atoms with Crippen molar-refractivity contribution in [3.05, 3.63) is 81.9 Å². The lowest BCUT2D eigenvalue weighted by molar-refractivity contribution is -0.114. The van der Waals surface area contributed by atoms with Gasteiger partial charge in [0.1, 0.15) is 0 Å². The van der Waals surface area contributed by atoms with Crippen LogP contribution in [0.2, 0.25) is 0 Å². The Labute approximate surface area is 181 Å². The lowest BCUT2D eigenvalue weighted by Crippen LogP contribution is -2.21. The second-order valence-electron chi connectivity index (χ2n) is 7.37. The molecule has 0 unspecified atom stereocenters. The van der Waals surface area contributed by atoms with Crippen LogP contribution in [-0.2, 0) is 30.5 Å². The fourth-order valence-corrected chi connectivity index (χ4v) is 4.21. The Balaban J connectivity index is 1.69. The number of aromatic nitrogens is 1. The van der Waals surface area contributed by atoms with Crippen LogP contribution in [0.1, 0.15) is 39.0 Å². The molecule has 1 aromatic heterocycles. The zero-order valence-electron chi connectivity index (χ0n) is 17.6. The molecule has 3 rings (SSSR count). The van der Waals surface area contributed by atoms with E-state index in [1.165, 1.54) is 22.9 Å². The summed E-state index contributed by atoms with van der Waals surface area (Å²) in [5.74, 6) is -0.105. The molecule has 0 aliphatic rings. The molecule has 3 aromatic rings. The fraction of sp³-hybridized carbons (Fsp3) is 0.292. The average Bonchev–Trinajstić information content (AvgIpc) is 3.12. The molecule has 2 aromatic carbocycles. The lowest BCUT2D eigenvalue weighted by atomic mass is 10.0. The number of carbonyl (C=O) groups is 2. The molecule has 0 saturated carbocycles. The topological polar surface area (TPSA) is 62.3 Å². The van der Waals surface area contributed by atoms with E-state index in [1.807, 2.05) is 36.4 Å². The van der Waals surface area contributed by atoms with Crippen molar-refractivity contribution in [3.8, 4) is 0 Å². The number of nitrogens with zero attached hydrogens (tertiary/aromatic N) is 2. The van der Waals surface area contributed by atoms with E-state index in [-0.39, 0.29) is 11.8 Å². The molecule has 6 heteroatoms. The summed E-state index contributed by atoms with van der Waals surface area (Å²) in [5, 5.41) is 3.47. The van der Waals surface area contributed by atoms with Gasteiger partial charge in [-0.2, -0.15) is 0 Å². The number of hydrogen-bond donors (Lipinski definition) is 1. The largest absolute Gasteiger partial charge is 0.345 e. The Hall–Kier alpha value is -2.99. The highest BCUT2D eigenvalue weighted by Gasteiger charge is 2.13. The summed E-state index contributed by atoms with van der Waals surface area (Å²) in [6.45, 7) is 1.50. The zero-order chi connectivity index (χ0) is 21.5. The first kappa shape index (κ1) is 21.7. The van der Waals surface area contributed by atoms with E-state index in [4.69, 9.17) is 0 Å². The van der Waals surface area contributed by atoms with Gasteiger partial charge >= 0.3 is 0 Å². The number of anilines is 1. The highest BCUT2D eigenvalue weighted by molar-refractivity contribution is 7.15. The summed E-state index contributed by atoms with van der Waals surface area (Å²) < 4.78 is 0. The van der Waals surface area contributed by atoms with Crippen molar-refractivity contribution in [2.24, 2.45) is 0 Å². The highest BCUT2D eigenvalue weighted by atomic mass is 32.1. The minimum absolute atomic E-state index is 0.00440. The van der Waals surface area contributed by atoms with Gasteiger partial charge < -0.3 is 10.2 Å². The van der Waals surface area contributed by atoms with Crippen LogP contribution < -0.4 is 5.32 Å². The number of hydrogen-bond acceptors (Lipinski definition) is 4. The molecule has 0 aliphatic carbocycles. The summed E-state index contributed by atoms with van der Waals surface area (Å²) >= 11 is 1.54. The zero-order valence-corrected chi connectivity index (χ0v) is 18.4. The molecule has 2 amide bonds. The van der Waals surface area contributed by atoms with Crippen LogP contribution in [0, 0.1) is 6.07 Å². The summed E-state index contributed by atoms with van der Waals surface area (Å²) in [5.41, 5.74) is 4.14. The highest BCUT2D eigenvalue weighted by Crippen LogP contribution is 2.26. The number of nitrogens with one attached hydrogen (secondary N) is 1. The van der Waals surface area contributed by atoms with Gasteiger partial charge in [0.2, 0.25) is 5.91 Å². The first-order valence-corrected chi connectivity index (χ1v) is 10.8. The van der Waals surface area contributed by atoms with E-state index in [0.29, 0.717) is 10.7 Å². The molecule has 0 spiro atoms. The Morgan fingerprint density at radius 2 is 1.60 bits per heavy atom. The molecule has 155 valence electrons. The van der Waals surface area contributed by atoms with E-state index < -0.39 is 0 Å². The minimum Gasteiger partial charge on any atom is -0.345 e. The molecular formula is C24H26N3O2S. The van der Waals surface area contributed by atoms with Crippen LogP contribution in [0.25, 0.3) is 0 Å². The minimum atomic E-state index is -0.110. The summed E-state index contributed by atoms with van der Waals surface area (Å²) in [7, 11) is 3.50. The molecule has 0 aliphatic heterocycles. The van der Waals surface area contributed by atoms with Crippen LogP contribution in [0.4, 0.5) is 5.13 Å². The van der Waals surface area contributed by atoms with Crippen molar-refractivity contribution < 1.29 is 9.59 Å². The van der Waals surface area contributed by atoms with Gasteiger partial charge in [0.15, 0.2) is 5.13 Å². The van der Waals surface area contributed by atoms with E-state index in [0.717, 1.165) is 31.4 Å². The molecule has 5 nitrogen and oxygen atoms in total. The monoisotopic (exact) mass is 420 g/mol. The van der Waals surface area contributed by atoms with Gasteiger partial charge in [0.25, 0.3) is 5.91 Å². The molecule has 0 bridgehead atoms. The van der Waals surface area contributed by atoms with Crippen LogP contribution >= 0.6 is 11.3 Å². The smallest absolute Gasteiger partial charge is 0.253 e. The molecule has 30 heavy (non-hydrogen) atoms. The van der Waals surface area contributed by atoms with Crippen molar-refractivity contribution in [2.75, 3.05) is 19.4 Å². The van der Waals surface area contributed by atoms with Crippen LogP contribution in [0.15, 0.2) is 48.5 Å². The Kier molecular flexibility index (Phi) is 7.36. The standard InChI is InChI=1S/C24H26N3O2S/c1-17(28)25-24-26-21(15-11-18-7-5-4-6-8-18)22(30-24)16-12-19-9-13-20(14-10-19)23(29)27(2)3/h5-10,13-14H,11-12,15-16H2,1-3H3,(H,25,26,28). The molecule has 0 atom stereocenters. The number of rotatable bonds is 8. The van der Waals surface area contributed by atoms with Gasteiger partial charge in [-0.25, -0.2) is 4.98 Å². The molecule has 1 N–H and O–H groups in total. The summed E-state index contributed by atoms with van der Waals surface area (Å²) in [6, 6.07) is 18.8. The fourth-order valence-electron chi connectivity index (χ4n) is 3.16. The predicted octanol–water partition coefficient (Wildman–Crippen LogP) is 4.17. The van der Waals surface area contributed by atoms with Crippen LogP contribution in [0.3, 0.4) is 0 Å². The normalized spacial score (nSPS) is 10.6. The van der Waals surface area contributed by atoms with Gasteiger partial charge in [-0.3, -0.25) is 9.59 Å². The quantitative estimate of drug-likeness (QED) is 0.595. The lowest BCUT2D eigenvalue weighted by Gasteiger charge is -2.10. The van der Waals surface area contributed by atoms with Gasteiger partial charge in [0, 0.05) is 31.5 Å². The third-order valence-corrected chi connectivity index (χ3v) is 5.82. The van der Waals surface area contributed by atoms with Crippen molar-refractivity contribution in [2.45, 2.75) is 32.6 Å². The second-order valence-corrected chi connectivity index (χ2v) is 8.46. The Morgan fingerprint density at radius 1 is 0.967 bits per heavy atom. The number of thiazole rings is 1. The second kappa shape index (κ2) is 10.2. The average molecular weight is 421 g/mol. The maximum atomic E-state index is 12.0. The summed E-state index contributed by atoms with van der Waals surface area (Å²) in [6.07, 6.45) is 3.42. The molecular weight excluding hydrogens is 394 g/mol. The Bertz CT molecular complexity index is 995. The number of amides is 2. The molecule has 1 heterocycles. The first-order chi connectivity index (χ1) is 14.4. The van der Waals surface area contributed by atoms with Crippen LogP contribution in [-0.4, -0.2) is 35.8 Å². The molecule has 0 fully saturated rings. The van der Waals surface area contributed by atoms with Crippen molar-refractivity contribution >= 4 is 28.3 Å². The third kappa shape index (κ3) is 6.00. The van der Waals surface area contributed by atoms with Crippen molar-refractivity contribution in [1.29, 1.82) is 0 Å². The predicted molar refractivity (Wildman–Crippen MR) is 121 cm³/mol. The number of aryl methyl sites for hydroxylation is 4. The maximum absolute atomic E-state index is 12.0. The van der Waals surface area contributed by atoms with Crippen molar-refractivity contribution in [3.63, 3.8) is 0 Å². The van der Waals surface area contributed by atoms with Gasteiger partial charge in [0.05, 0.1) is 5.69 Å². The third-order valence-electron chi connectivity index (χ3n) is 4.75. The summed E-state index contributed by atoms with van der Waals surface area (Å²) in [4.78, 5) is 30.9. The van der Waals surface area contributed by atoms with E-state index in [1.54, 1.807) is 30.3 Å². The first-order valence-electron chi connectivity index (χ1n) is 9.94. The van der Waals surface area contributed by atoms with Gasteiger partial charge in [-0.05, 0) is 55.0 Å². The molecule has 1 radical (unpaired) electrons. The van der Waals surface area contributed by atoms with E-state index >= 15 is 0 Å². The van der Waals surface area contributed by atoms with Gasteiger partial charge in [-0.15, -0.1) is 11.3 Å². The molecule has 0 saturated heterocycles. The maximum Gasteiger partial charge on any atom is 0.253 e. The number of carbonyl (C=O) groups excluding carboxylic acids is 2. The SMILES string of the molecule is CC(=O)Nc1nc(CCc2cc[c]cc2)c(CCc2ccc(C(=O)N(C)C)cc2)s1. The van der Waals surface area contributed by atoms with E-state index in [9.17, 15) is 9.59 Å².